The first-order chi connectivity index (χ1) is 8.02. The summed E-state index contributed by atoms with van der Waals surface area (Å²) in [6.07, 6.45) is 0. The molecule has 0 bridgehead atoms. The van der Waals surface area contributed by atoms with Crippen molar-refractivity contribution in [1.29, 1.82) is 0 Å². The molecule has 0 saturated carbocycles. The Labute approximate surface area is 145 Å². The van der Waals surface area contributed by atoms with Crippen LogP contribution in [0.1, 0.15) is 57.5 Å². The summed E-state index contributed by atoms with van der Waals surface area (Å²) in [6, 6.07) is 5.27. The van der Waals surface area contributed by atoms with Crippen molar-refractivity contribution in [3.63, 3.8) is 0 Å². The molecule has 0 atom stereocenters. The number of benzene rings is 1. The molecule has 0 aliphatic rings. The molecular formula is C15H24CaO3. The minimum atomic E-state index is -0.958. The molecule has 0 amide bonds. The van der Waals surface area contributed by atoms with Gasteiger partial charge in [0, 0.05) is 5.56 Å². The summed E-state index contributed by atoms with van der Waals surface area (Å²) in [7, 11) is 0. The Kier molecular flexibility index (Phi) is 6.38. The fourth-order valence-electron chi connectivity index (χ4n) is 1.71. The van der Waals surface area contributed by atoms with Gasteiger partial charge in [-0.05, 0) is 32.3 Å². The molecule has 0 saturated heterocycles. The summed E-state index contributed by atoms with van der Waals surface area (Å²) in [5, 5.41) is 9.27. The molecule has 3 nitrogen and oxygen atoms in total. The van der Waals surface area contributed by atoms with Gasteiger partial charge in [-0.3, -0.25) is 0 Å². The normalized spacial score (nSPS) is 11.7. The topological polar surface area (TPSA) is 46.5 Å². The van der Waals surface area contributed by atoms with E-state index in [-0.39, 0.29) is 48.7 Å². The van der Waals surface area contributed by atoms with Crippen molar-refractivity contribution in [2.45, 2.75) is 52.6 Å². The Hall–Kier alpha value is -0.250. The van der Waals surface area contributed by atoms with Crippen molar-refractivity contribution >= 4 is 43.7 Å². The average molecular weight is 292 g/mol. The van der Waals surface area contributed by atoms with Gasteiger partial charge in [0.2, 0.25) is 0 Å². The first-order valence-corrected chi connectivity index (χ1v) is 6.08. The first kappa shape index (κ1) is 18.7. The van der Waals surface area contributed by atoms with Crippen molar-refractivity contribution in [2.75, 3.05) is 0 Å². The molecule has 1 rings (SSSR count). The molecule has 19 heavy (non-hydrogen) atoms. The van der Waals surface area contributed by atoms with Gasteiger partial charge in [-0.25, -0.2) is 4.79 Å². The van der Waals surface area contributed by atoms with Crippen molar-refractivity contribution < 1.29 is 14.6 Å². The van der Waals surface area contributed by atoms with Gasteiger partial charge in [-0.15, -0.1) is 0 Å². The summed E-state index contributed by atoms with van der Waals surface area (Å²) >= 11 is 0. The third kappa shape index (κ3) is 5.33. The maximum atomic E-state index is 11.3. The molecule has 0 heterocycles. The van der Waals surface area contributed by atoms with Crippen LogP contribution < -0.4 is 4.74 Å². The Morgan fingerprint density at radius 2 is 1.63 bits per heavy atom. The zero-order valence-corrected chi connectivity index (χ0v) is 12.0. The molecular weight excluding hydrogens is 268 g/mol. The number of ether oxygens (including phenoxy) is 1. The zero-order chi connectivity index (χ0) is 14.1. The van der Waals surface area contributed by atoms with E-state index in [2.05, 4.69) is 0 Å². The van der Waals surface area contributed by atoms with E-state index in [0.717, 1.165) is 5.56 Å². The molecule has 4 heteroatoms. The van der Waals surface area contributed by atoms with Crippen LogP contribution in [0.5, 0.6) is 5.75 Å². The minimum absolute atomic E-state index is 0. The van der Waals surface area contributed by atoms with E-state index in [0.29, 0.717) is 5.75 Å². The number of rotatable bonds is 2. The van der Waals surface area contributed by atoms with Gasteiger partial charge in [0.25, 0.3) is 0 Å². The second-order valence-corrected chi connectivity index (χ2v) is 6.45. The van der Waals surface area contributed by atoms with Gasteiger partial charge in [0.05, 0.1) is 0 Å². The summed E-state index contributed by atoms with van der Waals surface area (Å²) in [6.45, 7) is 11.9. The first-order valence-electron chi connectivity index (χ1n) is 6.08. The monoisotopic (exact) mass is 292 g/mol. The molecule has 104 valence electrons. The van der Waals surface area contributed by atoms with Crippen LogP contribution in [0.2, 0.25) is 0 Å². The molecule has 0 aliphatic heterocycles. The predicted octanol–water partition coefficient (Wildman–Crippen LogP) is 2.94. The van der Waals surface area contributed by atoms with Crippen LogP contribution in [0.15, 0.2) is 18.2 Å². The van der Waals surface area contributed by atoms with Gasteiger partial charge >= 0.3 is 43.7 Å². The molecule has 1 aromatic carbocycles. The van der Waals surface area contributed by atoms with Crippen molar-refractivity contribution in [3.05, 3.63) is 29.3 Å². The third-order valence-corrected chi connectivity index (χ3v) is 2.46. The summed E-state index contributed by atoms with van der Waals surface area (Å²) in [4.78, 5) is 11.3. The zero-order valence-electron chi connectivity index (χ0n) is 12.0. The summed E-state index contributed by atoms with van der Waals surface area (Å²) in [5.41, 5.74) is 0.548. The summed E-state index contributed by atoms with van der Waals surface area (Å²) in [5.74, 6) is -0.481. The van der Waals surface area contributed by atoms with Gasteiger partial charge < -0.3 is 9.84 Å². The number of carboxylic acid groups (broad SMARTS) is 1. The molecule has 1 N–H and O–H groups in total. The van der Waals surface area contributed by atoms with E-state index in [1.807, 2.05) is 47.6 Å². The second-order valence-electron chi connectivity index (χ2n) is 6.45. The van der Waals surface area contributed by atoms with E-state index in [4.69, 9.17) is 4.74 Å². The number of hydrogen-bond donors (Lipinski definition) is 1. The van der Waals surface area contributed by atoms with Crippen LogP contribution in [0.3, 0.4) is 0 Å². The number of carboxylic acids is 1. The van der Waals surface area contributed by atoms with E-state index >= 15 is 0 Å². The molecule has 0 spiro atoms. The number of carbonyl (C=O) groups is 1. The van der Waals surface area contributed by atoms with Crippen LogP contribution in [-0.2, 0) is 5.41 Å². The van der Waals surface area contributed by atoms with E-state index in [1.54, 1.807) is 12.1 Å². The van der Waals surface area contributed by atoms with Gasteiger partial charge in [0.1, 0.15) is 16.9 Å². The number of para-hydroxylation sites is 1. The van der Waals surface area contributed by atoms with Gasteiger partial charge in [0.15, 0.2) is 0 Å². The molecule has 0 fully saturated rings. The van der Waals surface area contributed by atoms with Gasteiger partial charge in [-0.2, -0.15) is 0 Å². The van der Waals surface area contributed by atoms with E-state index in [1.165, 1.54) is 0 Å². The van der Waals surface area contributed by atoms with E-state index in [9.17, 15) is 9.90 Å². The Morgan fingerprint density at radius 1 is 1.11 bits per heavy atom. The SMILES string of the molecule is CC(C)(C)Oc1c(C(=O)O)cccc1C(C)(C)C.[CaH2]. The van der Waals surface area contributed by atoms with Crippen LogP contribution in [-0.4, -0.2) is 54.4 Å². The van der Waals surface area contributed by atoms with Gasteiger partial charge in [-0.1, -0.05) is 32.9 Å². The van der Waals surface area contributed by atoms with E-state index < -0.39 is 11.6 Å². The van der Waals surface area contributed by atoms with Crippen LogP contribution in [0, 0.1) is 0 Å². The van der Waals surface area contributed by atoms with Crippen molar-refractivity contribution in [2.24, 2.45) is 0 Å². The fraction of sp³-hybridized carbons (Fsp3) is 0.533. The molecule has 0 aromatic heterocycles. The second kappa shape index (κ2) is 6.47. The Bertz CT molecular complexity index is 453. The number of hydrogen-bond acceptors (Lipinski definition) is 2. The van der Waals surface area contributed by atoms with Crippen LogP contribution in [0.4, 0.5) is 0 Å². The van der Waals surface area contributed by atoms with Crippen LogP contribution >= 0.6 is 0 Å². The third-order valence-electron chi connectivity index (χ3n) is 2.46. The Balaban J connectivity index is 0.00000324. The quantitative estimate of drug-likeness (QED) is 0.853. The molecule has 1 aromatic rings. The average Bonchev–Trinajstić information content (AvgIpc) is 2.13. The molecule has 0 radical (unpaired) electrons. The molecule has 0 aliphatic carbocycles. The predicted molar refractivity (Wildman–Crippen MR) is 81.0 cm³/mol. The summed E-state index contributed by atoms with van der Waals surface area (Å²) < 4.78 is 5.87. The van der Waals surface area contributed by atoms with Crippen molar-refractivity contribution in [3.8, 4) is 5.75 Å². The molecule has 0 unspecified atom stereocenters. The number of aromatic carboxylic acids is 1. The van der Waals surface area contributed by atoms with Crippen LogP contribution in [0.25, 0.3) is 0 Å². The standard InChI is InChI=1S/C15H22O3.Ca.2H/c1-14(2,3)11-9-7-8-10(13(16)17)12(11)18-15(4,5)6;;;/h7-9H,1-6H3,(H,16,17);;;. The maximum absolute atomic E-state index is 11.3. The van der Waals surface area contributed by atoms with Crippen molar-refractivity contribution in [1.82, 2.24) is 0 Å². The Morgan fingerprint density at radius 3 is 2.00 bits per heavy atom. The fourth-order valence-corrected chi connectivity index (χ4v) is 1.71.